The lowest BCUT2D eigenvalue weighted by molar-refractivity contribution is -0.139. The molecular formula is C18H32N8O8. The number of aliphatic imine (C=N–C) groups is 1. The molecule has 192 valence electrons. The van der Waals surface area contributed by atoms with E-state index in [1.165, 1.54) is 0 Å². The average molecular weight is 489 g/mol. The highest BCUT2D eigenvalue weighted by Gasteiger charge is 2.28. The van der Waals surface area contributed by atoms with Crippen LogP contribution in [-0.4, -0.2) is 83.0 Å². The van der Waals surface area contributed by atoms with Gasteiger partial charge in [0.1, 0.15) is 18.6 Å². The van der Waals surface area contributed by atoms with Crippen LogP contribution in [0.3, 0.4) is 0 Å². The van der Waals surface area contributed by atoms with Crippen molar-refractivity contribution in [1.29, 1.82) is 0 Å². The second-order valence-electron chi connectivity index (χ2n) is 7.23. The molecule has 3 atom stereocenters. The van der Waals surface area contributed by atoms with Crippen LogP contribution in [0.4, 0.5) is 0 Å². The summed E-state index contributed by atoms with van der Waals surface area (Å²) in [5, 5.41) is 24.3. The van der Waals surface area contributed by atoms with Crippen LogP contribution in [0.1, 0.15) is 38.5 Å². The summed E-state index contributed by atoms with van der Waals surface area (Å²) < 4.78 is 0. The van der Waals surface area contributed by atoms with Gasteiger partial charge in [-0.3, -0.25) is 33.8 Å². The number of rotatable bonds is 17. The van der Waals surface area contributed by atoms with Crippen molar-refractivity contribution in [3.8, 4) is 0 Å². The standard InChI is InChI=1S/C18H32N8O8/c19-9(3-6-13(28)29)15(32)25-10(2-1-7-23-18(21)22)17(34)26-11(4-5-12(20)27)16(33)24-8-14(30)31/h9-11H,1-8,19H2,(H2,20,27)(H,24,33)(H,25,32)(H,26,34)(H,28,29)(H,30,31)(H4,21,22,23). The molecule has 0 aliphatic rings. The van der Waals surface area contributed by atoms with E-state index in [1.54, 1.807) is 0 Å². The molecule has 0 aromatic heterocycles. The van der Waals surface area contributed by atoms with Gasteiger partial charge >= 0.3 is 11.9 Å². The molecule has 3 unspecified atom stereocenters. The minimum atomic E-state index is -1.33. The zero-order valence-corrected chi connectivity index (χ0v) is 18.5. The topological polar surface area (TPSA) is 295 Å². The number of hydrogen-bond donors (Lipinski definition) is 9. The van der Waals surface area contributed by atoms with E-state index < -0.39 is 60.2 Å². The van der Waals surface area contributed by atoms with E-state index >= 15 is 0 Å². The van der Waals surface area contributed by atoms with Gasteiger partial charge in [0.15, 0.2) is 5.96 Å². The molecule has 4 amide bonds. The number of carboxylic acid groups (broad SMARTS) is 2. The first kappa shape index (κ1) is 30.1. The van der Waals surface area contributed by atoms with Crippen LogP contribution in [0.15, 0.2) is 4.99 Å². The van der Waals surface area contributed by atoms with Gasteiger partial charge < -0.3 is 49.1 Å². The summed E-state index contributed by atoms with van der Waals surface area (Å²) in [6.45, 7) is -0.601. The number of nitrogens with one attached hydrogen (secondary N) is 3. The summed E-state index contributed by atoms with van der Waals surface area (Å²) in [4.78, 5) is 73.7. The number of hydrogen-bond acceptors (Lipinski definition) is 8. The Hall–Kier alpha value is -3.95. The fourth-order valence-electron chi connectivity index (χ4n) is 2.57. The molecule has 0 fully saturated rings. The van der Waals surface area contributed by atoms with E-state index in [0.29, 0.717) is 0 Å². The second-order valence-corrected chi connectivity index (χ2v) is 7.23. The quantitative estimate of drug-likeness (QED) is 0.0535. The van der Waals surface area contributed by atoms with Gasteiger partial charge in [-0.25, -0.2) is 0 Å². The Kier molecular flexibility index (Phi) is 14.0. The minimum absolute atomic E-state index is 0.0132. The molecule has 0 rings (SSSR count). The monoisotopic (exact) mass is 488 g/mol. The zero-order valence-electron chi connectivity index (χ0n) is 18.5. The SMILES string of the molecule is NC(=O)CCC(NC(=O)C(CCCN=C(N)N)NC(=O)C(N)CCC(=O)O)C(=O)NCC(=O)O. The van der Waals surface area contributed by atoms with Gasteiger partial charge in [-0.2, -0.15) is 0 Å². The molecule has 0 aliphatic carbocycles. The second kappa shape index (κ2) is 15.8. The molecule has 0 heterocycles. The maximum absolute atomic E-state index is 12.8. The Labute approximate surface area is 194 Å². The van der Waals surface area contributed by atoms with E-state index in [4.69, 9.17) is 33.1 Å². The number of carbonyl (C=O) groups is 6. The number of aliphatic carboxylic acids is 2. The van der Waals surface area contributed by atoms with Crippen molar-refractivity contribution in [2.75, 3.05) is 13.1 Å². The largest absolute Gasteiger partial charge is 0.481 e. The summed E-state index contributed by atoms with van der Waals surface area (Å²) >= 11 is 0. The van der Waals surface area contributed by atoms with E-state index in [2.05, 4.69) is 20.9 Å². The van der Waals surface area contributed by atoms with Gasteiger partial charge in [0.25, 0.3) is 0 Å². The molecule has 0 radical (unpaired) electrons. The third kappa shape index (κ3) is 14.2. The van der Waals surface area contributed by atoms with Gasteiger partial charge in [0.05, 0.1) is 6.04 Å². The minimum Gasteiger partial charge on any atom is -0.481 e. The lowest BCUT2D eigenvalue weighted by atomic mass is 10.1. The first-order chi connectivity index (χ1) is 15.8. The molecule has 0 aliphatic heterocycles. The average Bonchev–Trinajstić information content (AvgIpc) is 2.74. The van der Waals surface area contributed by atoms with Crippen LogP contribution >= 0.6 is 0 Å². The summed E-state index contributed by atoms with van der Waals surface area (Å²) in [5.74, 6) is -5.91. The van der Waals surface area contributed by atoms with Crippen LogP contribution in [0.5, 0.6) is 0 Å². The van der Waals surface area contributed by atoms with Gasteiger partial charge in [0.2, 0.25) is 23.6 Å². The van der Waals surface area contributed by atoms with Crippen LogP contribution in [0, 0.1) is 0 Å². The zero-order chi connectivity index (χ0) is 26.3. The number of carboxylic acids is 2. The molecule has 0 bridgehead atoms. The normalized spacial score (nSPS) is 13.0. The fourth-order valence-corrected chi connectivity index (χ4v) is 2.57. The molecule has 16 heteroatoms. The van der Waals surface area contributed by atoms with E-state index in [-0.39, 0.29) is 51.0 Å². The Morgan fingerprint density at radius 2 is 1.35 bits per heavy atom. The van der Waals surface area contributed by atoms with Crippen molar-refractivity contribution in [3.63, 3.8) is 0 Å². The number of nitrogens with zero attached hydrogens (tertiary/aromatic N) is 1. The summed E-state index contributed by atoms with van der Waals surface area (Å²) in [7, 11) is 0. The maximum atomic E-state index is 12.8. The van der Waals surface area contributed by atoms with E-state index in [1.807, 2.05) is 0 Å². The smallest absolute Gasteiger partial charge is 0.322 e. The van der Waals surface area contributed by atoms with Crippen molar-refractivity contribution in [1.82, 2.24) is 16.0 Å². The highest BCUT2D eigenvalue weighted by Crippen LogP contribution is 2.05. The Bertz CT molecular complexity index is 784. The van der Waals surface area contributed by atoms with E-state index in [0.717, 1.165) is 0 Å². The molecule has 0 aromatic carbocycles. The van der Waals surface area contributed by atoms with Crippen molar-refractivity contribution in [3.05, 3.63) is 0 Å². The first-order valence-electron chi connectivity index (χ1n) is 10.2. The fraction of sp³-hybridized carbons (Fsp3) is 0.611. The number of carbonyl (C=O) groups excluding carboxylic acids is 4. The highest BCUT2D eigenvalue weighted by molar-refractivity contribution is 5.94. The maximum Gasteiger partial charge on any atom is 0.322 e. The highest BCUT2D eigenvalue weighted by atomic mass is 16.4. The molecular weight excluding hydrogens is 456 g/mol. The first-order valence-corrected chi connectivity index (χ1v) is 10.2. The van der Waals surface area contributed by atoms with Crippen LogP contribution in [0.25, 0.3) is 0 Å². The molecule has 0 spiro atoms. The predicted octanol–water partition coefficient (Wildman–Crippen LogP) is -4.33. The third-order valence-electron chi connectivity index (χ3n) is 4.31. The molecule has 0 saturated carbocycles. The molecule has 0 aromatic rings. The number of amides is 4. The van der Waals surface area contributed by atoms with Crippen molar-refractivity contribution < 1.29 is 39.0 Å². The van der Waals surface area contributed by atoms with Crippen molar-refractivity contribution in [2.45, 2.75) is 56.7 Å². The van der Waals surface area contributed by atoms with Gasteiger partial charge in [-0.1, -0.05) is 0 Å². The molecule has 13 N–H and O–H groups in total. The van der Waals surface area contributed by atoms with Crippen LogP contribution < -0.4 is 38.9 Å². The number of primary amides is 1. The number of guanidine groups is 1. The van der Waals surface area contributed by atoms with Gasteiger partial charge in [-0.15, -0.1) is 0 Å². The van der Waals surface area contributed by atoms with E-state index in [9.17, 15) is 28.8 Å². The summed E-state index contributed by atoms with van der Waals surface area (Å²) in [5.41, 5.74) is 21.2. The van der Waals surface area contributed by atoms with Gasteiger partial charge in [0, 0.05) is 19.4 Å². The predicted molar refractivity (Wildman–Crippen MR) is 118 cm³/mol. The summed E-state index contributed by atoms with van der Waals surface area (Å²) in [6.07, 6.45) is -0.805. The lowest BCUT2D eigenvalue weighted by Gasteiger charge is -2.24. The molecule has 34 heavy (non-hydrogen) atoms. The third-order valence-corrected chi connectivity index (χ3v) is 4.31. The Morgan fingerprint density at radius 3 is 1.88 bits per heavy atom. The summed E-state index contributed by atoms with van der Waals surface area (Å²) in [6, 6.07) is -3.76. The number of nitrogens with two attached hydrogens (primary N) is 4. The van der Waals surface area contributed by atoms with Gasteiger partial charge in [-0.05, 0) is 25.7 Å². The molecule has 0 saturated heterocycles. The molecule has 16 nitrogen and oxygen atoms in total. The lowest BCUT2D eigenvalue weighted by Crippen LogP contribution is -2.56. The van der Waals surface area contributed by atoms with Crippen LogP contribution in [-0.2, 0) is 28.8 Å². The van der Waals surface area contributed by atoms with Crippen LogP contribution in [0.2, 0.25) is 0 Å². The van der Waals surface area contributed by atoms with Crippen molar-refractivity contribution >= 4 is 41.5 Å². The Morgan fingerprint density at radius 1 is 0.765 bits per heavy atom. The Balaban J connectivity index is 5.41. The van der Waals surface area contributed by atoms with Crippen molar-refractivity contribution in [2.24, 2.45) is 27.9 Å².